The average Bonchev–Trinajstić information content (AvgIpc) is 2.73. The number of hydrogen-bond acceptors (Lipinski definition) is 3. The van der Waals surface area contributed by atoms with Gasteiger partial charge < -0.3 is 15.0 Å². The Hall–Kier alpha value is -1.39. The quantitative estimate of drug-likeness (QED) is 0.849. The maximum absolute atomic E-state index is 6.10. The second kappa shape index (κ2) is 5.98. The third-order valence-electron chi connectivity index (χ3n) is 3.19. The van der Waals surface area contributed by atoms with Crippen molar-refractivity contribution in [2.45, 2.75) is 32.4 Å². The Labute approximate surface area is 108 Å². The predicted octanol–water partition coefficient (Wildman–Crippen LogP) is 1.96. The molecule has 0 saturated heterocycles. The van der Waals surface area contributed by atoms with Gasteiger partial charge in [0.2, 0.25) is 0 Å². The molecule has 2 N–H and O–H groups in total. The zero-order valence-corrected chi connectivity index (χ0v) is 11.1. The van der Waals surface area contributed by atoms with Crippen LogP contribution in [0.2, 0.25) is 0 Å². The van der Waals surface area contributed by atoms with Crippen molar-refractivity contribution in [3.8, 4) is 0 Å². The highest BCUT2D eigenvalue weighted by atomic mass is 16.5. The molecule has 4 heteroatoms. The molecule has 0 amide bonds. The van der Waals surface area contributed by atoms with Crippen LogP contribution >= 0.6 is 0 Å². The summed E-state index contributed by atoms with van der Waals surface area (Å²) in [4.78, 5) is 4.67. The molecule has 18 heavy (non-hydrogen) atoms. The summed E-state index contributed by atoms with van der Waals surface area (Å²) in [6, 6.07) is 8.32. The Bertz CT molecular complexity index is 507. The van der Waals surface area contributed by atoms with E-state index in [0.717, 1.165) is 30.7 Å². The molecule has 0 spiro atoms. The summed E-state index contributed by atoms with van der Waals surface area (Å²) in [5.74, 6) is 1.07. The summed E-state index contributed by atoms with van der Waals surface area (Å²) in [7, 11) is 1.70. The van der Waals surface area contributed by atoms with Gasteiger partial charge in [0.05, 0.1) is 11.0 Å². The number of methoxy groups -OCH3 is 1. The molecule has 0 aliphatic carbocycles. The van der Waals surface area contributed by atoms with Crippen LogP contribution in [0.15, 0.2) is 24.3 Å². The summed E-state index contributed by atoms with van der Waals surface area (Å²) in [5, 5.41) is 0. The van der Waals surface area contributed by atoms with Crippen molar-refractivity contribution in [3.63, 3.8) is 0 Å². The van der Waals surface area contributed by atoms with E-state index in [4.69, 9.17) is 10.5 Å². The molecule has 0 bridgehead atoms. The fourth-order valence-electron chi connectivity index (χ4n) is 2.24. The number of aromatic nitrogens is 2. The largest absolute Gasteiger partial charge is 0.385 e. The van der Waals surface area contributed by atoms with Gasteiger partial charge in [-0.2, -0.15) is 0 Å². The number of nitrogens with zero attached hydrogens (tertiary/aromatic N) is 2. The standard InChI is InChI=1S/C14H21N3O/c1-3-17-13-7-5-4-6-12(13)16-14(17)10-11(15)8-9-18-2/h4-7,11H,3,8-10,15H2,1-2H3. The van der Waals surface area contributed by atoms with E-state index in [1.807, 2.05) is 18.2 Å². The van der Waals surface area contributed by atoms with Gasteiger partial charge in [-0.1, -0.05) is 12.1 Å². The SMILES string of the molecule is CCn1c(CC(N)CCOC)nc2ccccc21. The van der Waals surface area contributed by atoms with Gasteiger partial charge in [0.25, 0.3) is 0 Å². The van der Waals surface area contributed by atoms with Gasteiger partial charge in [-0.25, -0.2) is 4.98 Å². The van der Waals surface area contributed by atoms with Crippen molar-refractivity contribution in [3.05, 3.63) is 30.1 Å². The molecular weight excluding hydrogens is 226 g/mol. The number of rotatable bonds is 6. The monoisotopic (exact) mass is 247 g/mol. The van der Waals surface area contributed by atoms with Crippen molar-refractivity contribution >= 4 is 11.0 Å². The number of para-hydroxylation sites is 2. The highest BCUT2D eigenvalue weighted by Crippen LogP contribution is 2.17. The molecule has 1 aromatic heterocycles. The minimum atomic E-state index is 0.104. The van der Waals surface area contributed by atoms with Crippen LogP contribution in [0.5, 0.6) is 0 Å². The maximum atomic E-state index is 6.10. The van der Waals surface area contributed by atoms with E-state index in [0.29, 0.717) is 6.61 Å². The molecule has 2 rings (SSSR count). The first-order valence-electron chi connectivity index (χ1n) is 6.45. The Morgan fingerprint density at radius 3 is 2.89 bits per heavy atom. The molecule has 1 unspecified atom stereocenters. The van der Waals surface area contributed by atoms with Crippen molar-refractivity contribution in [1.29, 1.82) is 0 Å². The summed E-state index contributed by atoms with van der Waals surface area (Å²) >= 11 is 0. The van der Waals surface area contributed by atoms with Gasteiger partial charge >= 0.3 is 0 Å². The molecule has 98 valence electrons. The van der Waals surface area contributed by atoms with Crippen LogP contribution in [0.3, 0.4) is 0 Å². The number of nitrogens with two attached hydrogens (primary N) is 1. The Balaban J connectivity index is 2.21. The van der Waals surface area contributed by atoms with E-state index in [2.05, 4.69) is 22.5 Å². The number of hydrogen-bond donors (Lipinski definition) is 1. The smallest absolute Gasteiger partial charge is 0.111 e. The van der Waals surface area contributed by atoms with Crippen LogP contribution in [0.1, 0.15) is 19.2 Å². The van der Waals surface area contributed by atoms with Gasteiger partial charge in [0, 0.05) is 32.7 Å². The van der Waals surface area contributed by atoms with Gasteiger partial charge in [0.1, 0.15) is 5.82 Å². The Morgan fingerprint density at radius 2 is 2.17 bits per heavy atom. The highest BCUT2D eigenvalue weighted by molar-refractivity contribution is 5.75. The molecule has 0 fully saturated rings. The van der Waals surface area contributed by atoms with E-state index < -0.39 is 0 Å². The van der Waals surface area contributed by atoms with Crippen molar-refractivity contribution in [2.24, 2.45) is 5.73 Å². The van der Waals surface area contributed by atoms with E-state index in [1.54, 1.807) is 7.11 Å². The van der Waals surface area contributed by atoms with Gasteiger partial charge in [-0.3, -0.25) is 0 Å². The number of aryl methyl sites for hydroxylation is 1. The maximum Gasteiger partial charge on any atom is 0.111 e. The third-order valence-corrected chi connectivity index (χ3v) is 3.19. The first-order chi connectivity index (χ1) is 8.76. The van der Waals surface area contributed by atoms with E-state index >= 15 is 0 Å². The minimum absolute atomic E-state index is 0.104. The van der Waals surface area contributed by atoms with E-state index in [9.17, 15) is 0 Å². The second-order valence-corrected chi connectivity index (χ2v) is 4.51. The van der Waals surface area contributed by atoms with Crippen LogP contribution in [0.25, 0.3) is 11.0 Å². The molecule has 1 aromatic carbocycles. The predicted molar refractivity (Wildman–Crippen MR) is 73.6 cm³/mol. The van der Waals surface area contributed by atoms with Crippen molar-refractivity contribution in [1.82, 2.24) is 9.55 Å². The number of ether oxygens (including phenoxy) is 1. The van der Waals surface area contributed by atoms with Crippen LogP contribution in [-0.4, -0.2) is 29.3 Å². The zero-order chi connectivity index (χ0) is 13.0. The molecule has 1 atom stereocenters. The van der Waals surface area contributed by atoms with Crippen LogP contribution < -0.4 is 5.73 Å². The zero-order valence-electron chi connectivity index (χ0n) is 11.1. The van der Waals surface area contributed by atoms with Crippen LogP contribution in [0.4, 0.5) is 0 Å². The van der Waals surface area contributed by atoms with Gasteiger partial charge in [0.15, 0.2) is 0 Å². The molecule has 2 aromatic rings. The first-order valence-corrected chi connectivity index (χ1v) is 6.45. The Morgan fingerprint density at radius 1 is 1.39 bits per heavy atom. The topological polar surface area (TPSA) is 53.1 Å². The summed E-state index contributed by atoms with van der Waals surface area (Å²) in [5.41, 5.74) is 8.34. The van der Waals surface area contributed by atoms with Crippen LogP contribution in [-0.2, 0) is 17.7 Å². The summed E-state index contributed by atoms with van der Waals surface area (Å²) in [6.45, 7) is 3.76. The van der Waals surface area contributed by atoms with Crippen LogP contribution in [0, 0.1) is 0 Å². The lowest BCUT2D eigenvalue weighted by atomic mass is 10.1. The van der Waals surface area contributed by atoms with E-state index in [-0.39, 0.29) is 6.04 Å². The fraction of sp³-hybridized carbons (Fsp3) is 0.500. The highest BCUT2D eigenvalue weighted by Gasteiger charge is 2.12. The third kappa shape index (κ3) is 2.71. The van der Waals surface area contributed by atoms with E-state index in [1.165, 1.54) is 5.52 Å². The summed E-state index contributed by atoms with van der Waals surface area (Å²) < 4.78 is 7.30. The lowest BCUT2D eigenvalue weighted by Crippen LogP contribution is -2.26. The van der Waals surface area contributed by atoms with Crippen molar-refractivity contribution < 1.29 is 4.74 Å². The number of imidazole rings is 1. The first kappa shape index (κ1) is 13.1. The molecule has 1 heterocycles. The van der Waals surface area contributed by atoms with Crippen molar-refractivity contribution in [2.75, 3.05) is 13.7 Å². The fourth-order valence-corrected chi connectivity index (χ4v) is 2.24. The molecule has 4 nitrogen and oxygen atoms in total. The normalized spacial score (nSPS) is 13.1. The average molecular weight is 247 g/mol. The summed E-state index contributed by atoms with van der Waals surface area (Å²) in [6.07, 6.45) is 1.66. The van der Waals surface area contributed by atoms with Gasteiger partial charge in [-0.05, 0) is 25.5 Å². The number of benzene rings is 1. The lowest BCUT2D eigenvalue weighted by molar-refractivity contribution is 0.187. The lowest BCUT2D eigenvalue weighted by Gasteiger charge is -2.12. The Kier molecular flexibility index (Phi) is 4.33. The molecular formula is C14H21N3O. The molecule has 0 saturated carbocycles. The molecule has 0 radical (unpaired) electrons. The van der Waals surface area contributed by atoms with Gasteiger partial charge in [-0.15, -0.1) is 0 Å². The molecule has 0 aliphatic rings. The minimum Gasteiger partial charge on any atom is -0.385 e. The number of fused-ring (bicyclic) bond motifs is 1. The second-order valence-electron chi connectivity index (χ2n) is 4.51. The molecule has 0 aliphatic heterocycles.